The average Bonchev–Trinajstić information content (AvgIpc) is 3.16. The minimum Gasteiger partial charge on any atom is -0.512 e. The van der Waals surface area contributed by atoms with Crippen LogP contribution < -0.4 is 0 Å². The van der Waals surface area contributed by atoms with Crippen molar-refractivity contribution >= 4 is 22.9 Å². The molecule has 0 bridgehead atoms. The third-order valence-electron chi connectivity index (χ3n) is 5.15. The Labute approximate surface area is 212 Å². The largest absolute Gasteiger partial charge is 0.512 e. The molecule has 0 saturated carbocycles. The molecular formula is C28H37F2NO3S. The van der Waals surface area contributed by atoms with Gasteiger partial charge < -0.3 is 10.2 Å². The Morgan fingerprint density at radius 2 is 1.83 bits per heavy atom. The molecule has 0 atom stereocenters. The van der Waals surface area contributed by atoms with E-state index in [0.717, 1.165) is 40.8 Å². The van der Waals surface area contributed by atoms with Crippen LogP contribution in [0.1, 0.15) is 49.4 Å². The number of likely N-dealkylation sites (tertiary alicyclic amines) is 1. The predicted molar refractivity (Wildman–Crippen MR) is 143 cm³/mol. The third-order valence-corrected chi connectivity index (χ3v) is 6.38. The molecule has 35 heavy (non-hydrogen) atoms. The molecule has 1 aromatic heterocycles. The van der Waals surface area contributed by atoms with E-state index >= 15 is 0 Å². The van der Waals surface area contributed by atoms with Crippen LogP contribution in [0.2, 0.25) is 0 Å². The number of carboxylic acids is 1. The predicted octanol–water partition coefficient (Wildman–Crippen LogP) is 7.67. The van der Waals surface area contributed by atoms with E-state index in [1.807, 2.05) is 58.1 Å². The minimum absolute atomic E-state index is 0.112. The van der Waals surface area contributed by atoms with Gasteiger partial charge in [0.2, 0.25) is 0 Å². The number of thiophene rings is 1. The lowest BCUT2D eigenvalue weighted by Gasteiger charge is -2.36. The van der Waals surface area contributed by atoms with Gasteiger partial charge in [-0.2, -0.15) is 0 Å². The number of hydrogen-bond acceptors (Lipinski definition) is 4. The summed E-state index contributed by atoms with van der Waals surface area (Å²) < 4.78 is 27.0. The molecule has 1 aliphatic heterocycles. The van der Waals surface area contributed by atoms with Crippen molar-refractivity contribution in [3.63, 3.8) is 0 Å². The van der Waals surface area contributed by atoms with E-state index in [0.29, 0.717) is 30.8 Å². The van der Waals surface area contributed by atoms with E-state index in [1.165, 1.54) is 0 Å². The number of carbonyl (C=O) groups is 1. The Morgan fingerprint density at radius 3 is 2.31 bits per heavy atom. The van der Waals surface area contributed by atoms with Crippen molar-refractivity contribution in [2.75, 3.05) is 19.6 Å². The van der Waals surface area contributed by atoms with Crippen LogP contribution in [0.5, 0.6) is 0 Å². The maximum absolute atomic E-state index is 13.5. The molecule has 0 amide bonds. The van der Waals surface area contributed by atoms with Crippen LogP contribution >= 0.6 is 11.3 Å². The molecule has 1 aliphatic rings. The second kappa shape index (κ2) is 14.6. The Morgan fingerprint density at radius 1 is 1.20 bits per heavy atom. The molecule has 0 aliphatic carbocycles. The summed E-state index contributed by atoms with van der Waals surface area (Å²) in [5.74, 6) is -3.40. The van der Waals surface area contributed by atoms with E-state index in [2.05, 4.69) is 11.5 Å². The highest BCUT2D eigenvalue weighted by atomic mass is 32.1. The van der Waals surface area contributed by atoms with Crippen molar-refractivity contribution in [1.29, 1.82) is 0 Å². The molecule has 2 heterocycles. The van der Waals surface area contributed by atoms with Crippen LogP contribution in [-0.2, 0) is 10.7 Å². The molecule has 0 radical (unpaired) electrons. The van der Waals surface area contributed by atoms with Crippen LogP contribution in [-0.4, -0.2) is 40.7 Å². The second-order valence-corrected chi connectivity index (χ2v) is 9.58. The Hall–Kier alpha value is -2.77. The summed E-state index contributed by atoms with van der Waals surface area (Å²) in [6.07, 6.45) is 15.1. The fourth-order valence-electron chi connectivity index (χ4n) is 3.41. The molecular weight excluding hydrogens is 468 g/mol. The summed E-state index contributed by atoms with van der Waals surface area (Å²) in [5, 5.41) is 18.2. The van der Waals surface area contributed by atoms with E-state index in [4.69, 9.17) is 5.11 Å². The highest BCUT2D eigenvalue weighted by molar-refractivity contribution is 7.12. The maximum atomic E-state index is 13.5. The molecule has 1 aromatic rings. The van der Waals surface area contributed by atoms with Crippen LogP contribution in [0.15, 0.2) is 72.6 Å². The third kappa shape index (κ3) is 10.2. The van der Waals surface area contributed by atoms with E-state index in [9.17, 15) is 18.7 Å². The lowest BCUT2D eigenvalue weighted by Crippen LogP contribution is -2.50. The van der Waals surface area contributed by atoms with E-state index in [-0.39, 0.29) is 10.8 Å². The molecule has 192 valence electrons. The number of nitrogens with zero attached hydrogens (tertiary/aromatic N) is 1. The number of aliphatic hydroxyl groups excluding tert-OH is 1. The Bertz CT molecular complexity index is 1000. The SMILES string of the molecule is C/C=C/C(=C\C=C(\O)CC)CN1CC(C(=O)O)C1.C=C/C=C(\C=C/C)c1cc(C)sc1C(C)(F)F. The molecule has 2 rings (SSSR count). The number of aliphatic carboxylic acids is 1. The lowest BCUT2D eigenvalue weighted by molar-refractivity contribution is -0.147. The van der Waals surface area contributed by atoms with Gasteiger partial charge in [-0.25, -0.2) is 8.78 Å². The van der Waals surface area contributed by atoms with Crippen LogP contribution in [0, 0.1) is 12.8 Å². The fourth-order valence-corrected chi connectivity index (χ4v) is 4.37. The van der Waals surface area contributed by atoms with Gasteiger partial charge in [-0.3, -0.25) is 9.69 Å². The summed E-state index contributed by atoms with van der Waals surface area (Å²) >= 11 is 1.14. The van der Waals surface area contributed by atoms with Crippen molar-refractivity contribution in [1.82, 2.24) is 4.90 Å². The molecule has 1 fully saturated rings. The zero-order valence-electron chi connectivity index (χ0n) is 21.2. The van der Waals surface area contributed by atoms with Gasteiger partial charge in [0, 0.05) is 43.4 Å². The highest BCUT2D eigenvalue weighted by Crippen LogP contribution is 2.39. The molecule has 2 N–H and O–H groups in total. The Balaban J connectivity index is 0.000000351. The van der Waals surface area contributed by atoms with Crippen molar-refractivity contribution in [3.05, 3.63) is 87.9 Å². The zero-order chi connectivity index (χ0) is 26.6. The monoisotopic (exact) mass is 505 g/mol. The van der Waals surface area contributed by atoms with Crippen LogP contribution in [0.4, 0.5) is 8.78 Å². The first-order valence-corrected chi connectivity index (χ1v) is 12.4. The fraction of sp³-hybridized carbons (Fsp3) is 0.393. The molecule has 7 heteroatoms. The summed E-state index contributed by atoms with van der Waals surface area (Å²) in [7, 11) is 0. The number of aliphatic hydroxyl groups is 1. The first kappa shape index (κ1) is 30.3. The van der Waals surface area contributed by atoms with Gasteiger partial charge in [0.25, 0.3) is 5.92 Å². The van der Waals surface area contributed by atoms with Crippen molar-refractivity contribution in [2.45, 2.75) is 47.0 Å². The van der Waals surface area contributed by atoms with Gasteiger partial charge in [0.05, 0.1) is 16.6 Å². The molecule has 0 unspecified atom stereocenters. The summed E-state index contributed by atoms with van der Waals surface area (Å²) in [4.78, 5) is 13.8. The number of aryl methyl sites for hydroxylation is 1. The van der Waals surface area contributed by atoms with Crippen molar-refractivity contribution in [2.24, 2.45) is 5.92 Å². The first-order valence-electron chi connectivity index (χ1n) is 11.6. The number of alkyl halides is 2. The molecule has 0 spiro atoms. The van der Waals surface area contributed by atoms with Gasteiger partial charge in [-0.1, -0.05) is 56.0 Å². The average molecular weight is 506 g/mol. The van der Waals surface area contributed by atoms with Gasteiger partial charge in [-0.15, -0.1) is 11.3 Å². The first-order chi connectivity index (χ1) is 16.5. The number of carboxylic acid groups (broad SMARTS) is 1. The van der Waals surface area contributed by atoms with Gasteiger partial charge in [-0.05, 0) is 44.1 Å². The van der Waals surface area contributed by atoms with Crippen LogP contribution in [0.25, 0.3) is 5.57 Å². The van der Waals surface area contributed by atoms with Gasteiger partial charge in [0.15, 0.2) is 0 Å². The zero-order valence-corrected chi connectivity index (χ0v) is 22.0. The summed E-state index contributed by atoms with van der Waals surface area (Å²) in [6.45, 7) is 14.0. The van der Waals surface area contributed by atoms with Gasteiger partial charge in [0.1, 0.15) is 0 Å². The van der Waals surface area contributed by atoms with Crippen molar-refractivity contribution in [3.8, 4) is 0 Å². The lowest BCUT2D eigenvalue weighted by atomic mass is 9.99. The maximum Gasteiger partial charge on any atom is 0.309 e. The standard InChI is InChI=1S/C14H16F2S.C14H21NO3/c1-5-7-11(8-6-2)12-9-10(3)17-13(12)14(4,15)16;1-3-5-11(6-7-13(16)4-2)8-15-9-12(10-15)14(17)18/h5-9H,1H2,2-4H3;3,5-7,12,16H,4,8-10H2,1-2H3,(H,17,18)/b8-6-,11-7+;5-3+,11-6+,13-7+. The van der Waals surface area contributed by atoms with Crippen LogP contribution in [0.3, 0.4) is 0 Å². The highest BCUT2D eigenvalue weighted by Gasteiger charge is 2.32. The number of halogens is 2. The molecule has 4 nitrogen and oxygen atoms in total. The summed E-state index contributed by atoms with van der Waals surface area (Å²) in [5.41, 5.74) is 2.43. The molecule has 1 saturated heterocycles. The van der Waals surface area contributed by atoms with Crippen molar-refractivity contribution < 1.29 is 23.8 Å². The second-order valence-electron chi connectivity index (χ2n) is 8.33. The van der Waals surface area contributed by atoms with E-state index in [1.54, 1.807) is 24.3 Å². The number of hydrogen-bond donors (Lipinski definition) is 2. The smallest absolute Gasteiger partial charge is 0.309 e. The van der Waals surface area contributed by atoms with Gasteiger partial charge >= 0.3 is 5.97 Å². The topological polar surface area (TPSA) is 60.8 Å². The molecule has 0 aromatic carbocycles. The Kier molecular flexibility index (Phi) is 12.6. The number of allylic oxidation sites excluding steroid dienone is 9. The van der Waals surface area contributed by atoms with E-state index < -0.39 is 11.9 Å². The summed E-state index contributed by atoms with van der Waals surface area (Å²) in [6, 6.07) is 1.80. The minimum atomic E-state index is -2.81. The number of rotatable bonds is 10. The quantitative estimate of drug-likeness (QED) is 0.253. The normalized spacial score (nSPS) is 16.4.